The van der Waals surface area contributed by atoms with Crippen LogP contribution in [0, 0.1) is 0 Å². The first-order chi connectivity index (χ1) is 9.62. The summed E-state index contributed by atoms with van der Waals surface area (Å²) in [6.45, 7) is 4.22. The van der Waals surface area contributed by atoms with Crippen LogP contribution in [0.5, 0.6) is 23.0 Å². The number of phenols is 2. The van der Waals surface area contributed by atoms with E-state index in [9.17, 15) is 10.2 Å². The quantitative estimate of drug-likeness (QED) is 0.712. The zero-order valence-electron chi connectivity index (χ0n) is 13.0. The van der Waals surface area contributed by atoms with Gasteiger partial charge >= 0.3 is 0 Å². The third-order valence-electron chi connectivity index (χ3n) is 3.54. The van der Waals surface area contributed by atoms with Crippen molar-refractivity contribution in [2.24, 2.45) is 0 Å². The average Bonchev–Trinajstić information content (AvgIpc) is 2.46. The van der Waals surface area contributed by atoms with E-state index in [-0.39, 0.29) is 17.2 Å². The highest BCUT2D eigenvalue weighted by Gasteiger charge is 2.24. The first-order valence-electron chi connectivity index (χ1n) is 7.29. The van der Waals surface area contributed by atoms with Gasteiger partial charge in [-0.1, -0.05) is 26.7 Å². The summed E-state index contributed by atoms with van der Waals surface area (Å²) < 4.78 is 10.6. The highest BCUT2D eigenvalue weighted by molar-refractivity contribution is 5.66. The molecular weight excluding hydrogens is 256 g/mol. The van der Waals surface area contributed by atoms with Crippen LogP contribution in [0.25, 0.3) is 0 Å². The van der Waals surface area contributed by atoms with Gasteiger partial charge in [-0.3, -0.25) is 0 Å². The molecule has 0 atom stereocenters. The van der Waals surface area contributed by atoms with E-state index in [1.54, 1.807) is 7.11 Å². The lowest BCUT2D eigenvalue weighted by Crippen LogP contribution is -2.03. The average molecular weight is 282 g/mol. The molecule has 0 heterocycles. The molecule has 0 unspecified atom stereocenters. The maximum atomic E-state index is 10.3. The fourth-order valence-corrected chi connectivity index (χ4v) is 2.42. The molecule has 1 aromatic rings. The second kappa shape index (κ2) is 7.88. The van der Waals surface area contributed by atoms with Crippen molar-refractivity contribution in [3.8, 4) is 23.0 Å². The molecule has 0 radical (unpaired) electrons. The molecule has 1 aromatic carbocycles. The molecule has 1 rings (SSSR count). The van der Waals surface area contributed by atoms with Crippen molar-refractivity contribution in [1.82, 2.24) is 0 Å². The van der Waals surface area contributed by atoms with E-state index < -0.39 is 0 Å². The first kappa shape index (κ1) is 16.5. The van der Waals surface area contributed by atoms with Gasteiger partial charge in [0, 0.05) is 11.1 Å². The van der Waals surface area contributed by atoms with Crippen LogP contribution in [0.3, 0.4) is 0 Å². The second-order valence-electron chi connectivity index (χ2n) is 4.93. The van der Waals surface area contributed by atoms with Crippen molar-refractivity contribution in [3.63, 3.8) is 0 Å². The van der Waals surface area contributed by atoms with Crippen LogP contribution >= 0.6 is 0 Å². The van der Waals surface area contributed by atoms with E-state index in [0.29, 0.717) is 5.75 Å². The lowest BCUT2D eigenvalue weighted by Gasteiger charge is -2.20. The van der Waals surface area contributed by atoms with E-state index in [1.165, 1.54) is 7.11 Å². The SMILES string of the molecule is CCCCc1c(O)c(O)c(OC)c(OC)c1CCCC. The van der Waals surface area contributed by atoms with E-state index in [4.69, 9.17) is 9.47 Å². The Balaban J connectivity index is 3.40. The Labute approximate surface area is 121 Å². The Kier molecular flexibility index (Phi) is 6.49. The van der Waals surface area contributed by atoms with Gasteiger partial charge in [0.1, 0.15) is 0 Å². The summed E-state index contributed by atoms with van der Waals surface area (Å²) in [6.07, 6.45) is 5.59. The van der Waals surface area contributed by atoms with Crippen LogP contribution in [0.1, 0.15) is 50.7 Å². The molecule has 0 aliphatic heterocycles. The van der Waals surface area contributed by atoms with Gasteiger partial charge in [0.25, 0.3) is 0 Å². The molecule has 2 N–H and O–H groups in total. The lowest BCUT2D eigenvalue weighted by atomic mass is 9.94. The molecule has 0 saturated heterocycles. The number of phenolic OH excluding ortho intramolecular Hbond substituents is 2. The Morgan fingerprint density at radius 2 is 1.25 bits per heavy atom. The van der Waals surface area contributed by atoms with Crippen molar-refractivity contribution in [2.75, 3.05) is 14.2 Å². The molecule has 4 heteroatoms. The molecule has 0 aliphatic carbocycles. The van der Waals surface area contributed by atoms with Crippen molar-refractivity contribution in [3.05, 3.63) is 11.1 Å². The zero-order valence-corrected chi connectivity index (χ0v) is 13.0. The summed E-state index contributed by atoms with van der Waals surface area (Å²) in [4.78, 5) is 0. The standard InChI is InChI=1S/C16H26O4/c1-5-7-9-11-12(10-8-6-2)15(19-3)16(20-4)14(18)13(11)17/h17-18H,5-10H2,1-4H3. The van der Waals surface area contributed by atoms with Crippen molar-refractivity contribution in [2.45, 2.75) is 52.4 Å². The van der Waals surface area contributed by atoms with Crippen LogP contribution < -0.4 is 9.47 Å². The molecule has 0 saturated carbocycles. The molecule has 0 aromatic heterocycles. The highest BCUT2D eigenvalue weighted by atomic mass is 16.5. The molecule has 0 fully saturated rings. The largest absolute Gasteiger partial charge is 0.504 e. The van der Waals surface area contributed by atoms with Crippen LogP contribution in [0.15, 0.2) is 0 Å². The Bertz CT molecular complexity index is 441. The fraction of sp³-hybridized carbons (Fsp3) is 0.625. The van der Waals surface area contributed by atoms with Gasteiger partial charge < -0.3 is 19.7 Å². The van der Waals surface area contributed by atoms with E-state index in [1.807, 2.05) is 0 Å². The molecule has 4 nitrogen and oxygen atoms in total. The van der Waals surface area contributed by atoms with Crippen LogP contribution in [0.2, 0.25) is 0 Å². The molecule has 114 valence electrons. The van der Waals surface area contributed by atoms with Gasteiger partial charge in [-0.25, -0.2) is 0 Å². The van der Waals surface area contributed by atoms with Gasteiger partial charge in [0.05, 0.1) is 14.2 Å². The summed E-state index contributed by atoms with van der Waals surface area (Å²) in [5.41, 5.74) is 1.74. The number of methoxy groups -OCH3 is 2. The normalized spacial score (nSPS) is 10.6. The molecule has 20 heavy (non-hydrogen) atoms. The van der Waals surface area contributed by atoms with E-state index in [0.717, 1.165) is 49.7 Å². The Morgan fingerprint density at radius 1 is 0.750 bits per heavy atom. The zero-order chi connectivity index (χ0) is 15.1. The second-order valence-corrected chi connectivity index (χ2v) is 4.93. The summed E-state index contributed by atoms with van der Waals surface area (Å²) in [5, 5.41) is 20.3. The van der Waals surface area contributed by atoms with Crippen LogP contribution in [-0.2, 0) is 12.8 Å². The number of unbranched alkanes of at least 4 members (excludes halogenated alkanes) is 2. The maximum Gasteiger partial charge on any atom is 0.207 e. The fourth-order valence-electron chi connectivity index (χ4n) is 2.42. The number of benzene rings is 1. The van der Waals surface area contributed by atoms with Crippen LogP contribution in [0.4, 0.5) is 0 Å². The molecule has 0 spiro atoms. The third kappa shape index (κ3) is 3.30. The topological polar surface area (TPSA) is 58.9 Å². The summed E-state index contributed by atoms with van der Waals surface area (Å²) in [5.74, 6) is 0.469. The molecular formula is C16H26O4. The minimum Gasteiger partial charge on any atom is -0.504 e. The molecule has 0 aliphatic rings. The van der Waals surface area contributed by atoms with Gasteiger partial charge in [0.2, 0.25) is 11.5 Å². The Hall–Kier alpha value is -1.58. The number of ether oxygens (including phenoxy) is 2. The minimum absolute atomic E-state index is 0.0674. The van der Waals surface area contributed by atoms with E-state index >= 15 is 0 Å². The predicted octanol–water partition coefficient (Wildman–Crippen LogP) is 3.80. The third-order valence-corrected chi connectivity index (χ3v) is 3.54. The van der Waals surface area contributed by atoms with Gasteiger partial charge in [-0.05, 0) is 25.7 Å². The van der Waals surface area contributed by atoms with Crippen molar-refractivity contribution in [1.29, 1.82) is 0 Å². The van der Waals surface area contributed by atoms with Crippen molar-refractivity contribution >= 4 is 0 Å². The van der Waals surface area contributed by atoms with Gasteiger partial charge in [0.15, 0.2) is 11.5 Å². The molecule has 0 amide bonds. The summed E-state index contributed by atoms with van der Waals surface area (Å²) in [6, 6.07) is 0. The Morgan fingerprint density at radius 3 is 1.70 bits per heavy atom. The predicted molar refractivity (Wildman–Crippen MR) is 80.1 cm³/mol. The minimum atomic E-state index is -0.226. The van der Waals surface area contributed by atoms with Crippen molar-refractivity contribution < 1.29 is 19.7 Å². The maximum absolute atomic E-state index is 10.3. The first-order valence-corrected chi connectivity index (χ1v) is 7.29. The molecule has 0 bridgehead atoms. The number of rotatable bonds is 8. The number of hydrogen-bond acceptors (Lipinski definition) is 4. The highest BCUT2D eigenvalue weighted by Crippen LogP contribution is 2.49. The van der Waals surface area contributed by atoms with E-state index in [2.05, 4.69) is 13.8 Å². The summed E-state index contributed by atoms with van der Waals surface area (Å²) >= 11 is 0. The number of aromatic hydroxyl groups is 2. The van der Waals surface area contributed by atoms with Gasteiger partial charge in [-0.2, -0.15) is 0 Å². The smallest absolute Gasteiger partial charge is 0.207 e. The van der Waals surface area contributed by atoms with Gasteiger partial charge in [-0.15, -0.1) is 0 Å². The lowest BCUT2D eigenvalue weighted by molar-refractivity contribution is 0.316. The monoisotopic (exact) mass is 282 g/mol. The summed E-state index contributed by atoms with van der Waals surface area (Å²) in [7, 11) is 3.03. The van der Waals surface area contributed by atoms with Crippen LogP contribution in [-0.4, -0.2) is 24.4 Å². The number of hydrogen-bond donors (Lipinski definition) is 2.